The third-order valence-corrected chi connectivity index (χ3v) is 6.00. The maximum Gasteiger partial charge on any atom is 0.269 e. The minimum Gasteiger partial charge on any atom is -0.331 e. The second kappa shape index (κ2) is 11.4. The van der Waals surface area contributed by atoms with E-state index in [4.69, 9.17) is 0 Å². The molecule has 32 heavy (non-hydrogen) atoms. The Kier molecular flexibility index (Phi) is 8.41. The van der Waals surface area contributed by atoms with Gasteiger partial charge >= 0.3 is 0 Å². The monoisotopic (exact) mass is 453 g/mol. The molecule has 0 radical (unpaired) electrons. The van der Waals surface area contributed by atoms with Crippen molar-refractivity contribution in [3.8, 4) is 0 Å². The molecule has 0 aliphatic heterocycles. The van der Waals surface area contributed by atoms with Crippen molar-refractivity contribution < 1.29 is 14.5 Å². The summed E-state index contributed by atoms with van der Waals surface area (Å²) in [4.78, 5) is 25.7. The molecule has 3 rings (SSSR count). The highest BCUT2D eigenvalue weighted by atomic mass is 32.2. The lowest BCUT2D eigenvalue weighted by molar-refractivity contribution is -0.893. The minimum atomic E-state index is -0.363. The number of hydrazine groups is 1. The molecule has 0 saturated carbocycles. The van der Waals surface area contributed by atoms with E-state index in [-0.39, 0.29) is 23.6 Å². The Morgan fingerprint density at radius 1 is 1.00 bits per heavy atom. The fraction of sp³-hybridized carbons (Fsp3) is 0.304. The van der Waals surface area contributed by atoms with Crippen LogP contribution in [0.15, 0.2) is 65.8 Å². The van der Waals surface area contributed by atoms with Crippen LogP contribution in [0.1, 0.15) is 41.1 Å². The largest absolute Gasteiger partial charge is 0.331 e. The molecule has 0 aliphatic carbocycles. The molecule has 0 bridgehead atoms. The molecule has 9 heteroatoms. The highest BCUT2D eigenvalue weighted by molar-refractivity contribution is 7.99. The van der Waals surface area contributed by atoms with Crippen molar-refractivity contribution in [3.63, 3.8) is 0 Å². The van der Waals surface area contributed by atoms with Crippen LogP contribution in [0.2, 0.25) is 0 Å². The number of amides is 2. The van der Waals surface area contributed by atoms with E-state index >= 15 is 0 Å². The lowest BCUT2D eigenvalue weighted by atomic mass is 10.2. The maximum absolute atomic E-state index is 12.3. The Hall–Kier alpha value is -3.17. The molecule has 2 aromatic carbocycles. The number of hydrogen-bond acceptors (Lipinski definition) is 5. The third kappa shape index (κ3) is 6.18. The average molecular weight is 454 g/mol. The molecule has 0 saturated heterocycles. The highest BCUT2D eigenvalue weighted by Crippen LogP contribution is 2.22. The van der Waals surface area contributed by atoms with Crippen LogP contribution in [0, 0.1) is 0 Å². The van der Waals surface area contributed by atoms with Crippen molar-refractivity contribution in [2.75, 3.05) is 19.8 Å². The van der Waals surface area contributed by atoms with Crippen molar-refractivity contribution >= 4 is 23.6 Å². The minimum absolute atomic E-state index is 0.105. The van der Waals surface area contributed by atoms with Crippen LogP contribution < -0.4 is 15.8 Å². The average Bonchev–Trinajstić information content (AvgIpc) is 3.19. The van der Waals surface area contributed by atoms with Crippen LogP contribution in [-0.4, -0.2) is 46.4 Å². The summed E-state index contributed by atoms with van der Waals surface area (Å²) in [6.07, 6.45) is 0.923. The molecule has 0 spiro atoms. The van der Waals surface area contributed by atoms with Gasteiger partial charge in [0.2, 0.25) is 5.91 Å². The van der Waals surface area contributed by atoms with Gasteiger partial charge in [0.05, 0.1) is 26.4 Å². The van der Waals surface area contributed by atoms with Gasteiger partial charge in [-0.2, -0.15) is 0 Å². The second-order valence-corrected chi connectivity index (χ2v) is 8.55. The van der Waals surface area contributed by atoms with E-state index in [0.29, 0.717) is 17.3 Å². The van der Waals surface area contributed by atoms with Crippen LogP contribution in [0.25, 0.3) is 0 Å². The third-order valence-electron chi connectivity index (χ3n) is 5.03. The van der Waals surface area contributed by atoms with E-state index in [1.54, 1.807) is 24.3 Å². The standard InChI is InChI=1S/C23H28N6O2S/c1-4-19(28(2)3)21-25-27-23(29(21)15-17-11-7-5-8-12-17)32-16-20(30)24-26-22(31)18-13-9-6-10-14-18/h5-14,19H,4,15-16H2,1-3H3,(H,24,30)(H,26,31)/p+1/t19-/m0/s1. The van der Waals surface area contributed by atoms with E-state index in [1.165, 1.54) is 16.7 Å². The fourth-order valence-corrected chi connectivity index (χ4v) is 4.13. The predicted molar refractivity (Wildman–Crippen MR) is 124 cm³/mol. The molecule has 2 amide bonds. The van der Waals surface area contributed by atoms with Crippen LogP contribution in [0.3, 0.4) is 0 Å². The van der Waals surface area contributed by atoms with E-state index in [1.807, 2.05) is 24.3 Å². The van der Waals surface area contributed by atoms with Gasteiger partial charge in [0, 0.05) is 12.0 Å². The number of nitrogens with zero attached hydrogens (tertiary/aromatic N) is 3. The number of nitrogens with one attached hydrogen (secondary N) is 3. The predicted octanol–water partition coefficient (Wildman–Crippen LogP) is 1.48. The van der Waals surface area contributed by atoms with E-state index in [0.717, 1.165) is 17.8 Å². The molecular weight excluding hydrogens is 424 g/mol. The van der Waals surface area contributed by atoms with Crippen molar-refractivity contribution in [1.82, 2.24) is 25.6 Å². The van der Waals surface area contributed by atoms with Crippen molar-refractivity contribution in [2.45, 2.75) is 31.1 Å². The molecule has 1 aromatic heterocycles. The van der Waals surface area contributed by atoms with Gasteiger partial charge < -0.3 is 4.90 Å². The topological polar surface area (TPSA) is 93.3 Å². The quantitative estimate of drug-likeness (QED) is 0.337. The highest BCUT2D eigenvalue weighted by Gasteiger charge is 2.25. The lowest BCUT2D eigenvalue weighted by Gasteiger charge is -2.20. The molecule has 168 valence electrons. The Labute approximate surface area is 192 Å². The van der Waals surface area contributed by atoms with Gasteiger partial charge in [0.1, 0.15) is 6.04 Å². The van der Waals surface area contributed by atoms with Gasteiger partial charge in [-0.3, -0.25) is 25.0 Å². The summed E-state index contributed by atoms with van der Waals surface area (Å²) in [6, 6.07) is 19.0. The summed E-state index contributed by atoms with van der Waals surface area (Å²) in [5, 5.41) is 9.51. The summed E-state index contributed by atoms with van der Waals surface area (Å²) in [6.45, 7) is 2.76. The van der Waals surface area contributed by atoms with Gasteiger partial charge in [0.15, 0.2) is 11.0 Å². The maximum atomic E-state index is 12.3. The summed E-state index contributed by atoms with van der Waals surface area (Å²) in [5.41, 5.74) is 6.51. The first-order valence-electron chi connectivity index (χ1n) is 10.5. The molecule has 1 heterocycles. The first-order valence-corrected chi connectivity index (χ1v) is 11.5. The van der Waals surface area contributed by atoms with Crippen molar-refractivity contribution in [3.05, 3.63) is 77.6 Å². The normalized spacial score (nSPS) is 11.9. The Bertz CT molecular complexity index is 1020. The van der Waals surface area contributed by atoms with Crippen molar-refractivity contribution in [2.24, 2.45) is 0 Å². The van der Waals surface area contributed by atoms with Gasteiger partial charge in [0.25, 0.3) is 5.91 Å². The number of hydrogen-bond donors (Lipinski definition) is 3. The molecule has 1 atom stereocenters. The number of thioether (sulfide) groups is 1. The zero-order valence-corrected chi connectivity index (χ0v) is 19.4. The number of quaternary nitrogens is 1. The van der Waals surface area contributed by atoms with Crippen LogP contribution in [0.4, 0.5) is 0 Å². The molecule has 0 fully saturated rings. The molecular formula is C23H29N6O2S+. The number of carbonyl (C=O) groups excluding carboxylic acids is 2. The zero-order valence-electron chi connectivity index (χ0n) is 18.5. The van der Waals surface area contributed by atoms with Crippen LogP contribution in [0.5, 0.6) is 0 Å². The van der Waals surface area contributed by atoms with Gasteiger partial charge in [-0.05, 0) is 17.7 Å². The summed E-state index contributed by atoms with van der Waals surface area (Å²) >= 11 is 1.30. The number of benzene rings is 2. The second-order valence-electron chi connectivity index (χ2n) is 7.61. The number of rotatable bonds is 9. The van der Waals surface area contributed by atoms with E-state index < -0.39 is 0 Å². The summed E-state index contributed by atoms with van der Waals surface area (Å²) in [7, 11) is 4.21. The molecule has 8 nitrogen and oxygen atoms in total. The Morgan fingerprint density at radius 3 is 2.28 bits per heavy atom. The lowest BCUT2D eigenvalue weighted by Crippen LogP contribution is -3.06. The summed E-state index contributed by atoms with van der Waals surface area (Å²) in [5.74, 6) is 0.323. The summed E-state index contributed by atoms with van der Waals surface area (Å²) < 4.78 is 2.08. The van der Waals surface area contributed by atoms with Gasteiger partial charge in [-0.15, -0.1) is 10.2 Å². The van der Waals surface area contributed by atoms with Crippen molar-refractivity contribution in [1.29, 1.82) is 0 Å². The number of aromatic nitrogens is 3. The van der Waals surface area contributed by atoms with Crippen LogP contribution >= 0.6 is 11.8 Å². The Morgan fingerprint density at radius 2 is 1.66 bits per heavy atom. The molecule has 3 aromatic rings. The molecule has 0 unspecified atom stereocenters. The smallest absolute Gasteiger partial charge is 0.269 e. The first kappa shape index (κ1) is 23.5. The van der Waals surface area contributed by atoms with Gasteiger partial charge in [-0.25, -0.2) is 0 Å². The molecule has 3 N–H and O–H groups in total. The fourth-order valence-electron chi connectivity index (χ4n) is 3.38. The zero-order chi connectivity index (χ0) is 22.9. The van der Waals surface area contributed by atoms with Crippen LogP contribution in [-0.2, 0) is 11.3 Å². The number of carbonyl (C=O) groups is 2. The van der Waals surface area contributed by atoms with E-state index in [2.05, 4.69) is 58.8 Å². The first-order chi connectivity index (χ1) is 15.5. The van der Waals surface area contributed by atoms with Gasteiger partial charge in [-0.1, -0.05) is 67.2 Å². The molecule has 0 aliphatic rings. The SMILES string of the molecule is CC[C@@H](c1nnc(SCC(=O)NNC(=O)c2ccccc2)n1Cc1ccccc1)[NH+](C)C. The van der Waals surface area contributed by atoms with E-state index in [9.17, 15) is 9.59 Å². The Balaban J connectivity index is 1.67.